The van der Waals surface area contributed by atoms with Gasteiger partial charge in [0.1, 0.15) is 18.2 Å². The highest BCUT2D eigenvalue weighted by Crippen LogP contribution is 2.14. The van der Waals surface area contributed by atoms with E-state index in [2.05, 4.69) is 0 Å². The van der Waals surface area contributed by atoms with E-state index < -0.39 is 15.8 Å². The maximum absolute atomic E-state index is 13.0. The van der Waals surface area contributed by atoms with Gasteiger partial charge in [-0.3, -0.25) is 0 Å². The summed E-state index contributed by atoms with van der Waals surface area (Å²) in [6.45, 7) is 0.319. The van der Waals surface area contributed by atoms with Crippen molar-refractivity contribution in [3.63, 3.8) is 0 Å². The molecule has 0 aliphatic carbocycles. The second-order valence-corrected chi connectivity index (χ2v) is 6.49. The van der Waals surface area contributed by atoms with Gasteiger partial charge in [-0.15, -0.1) is 0 Å². The lowest BCUT2D eigenvalue weighted by Crippen LogP contribution is -2.31. The average Bonchev–Trinajstić information content (AvgIpc) is 2.48. The van der Waals surface area contributed by atoms with Crippen LogP contribution in [0.5, 0.6) is 5.75 Å². The van der Waals surface area contributed by atoms with Crippen LogP contribution >= 0.6 is 0 Å². The van der Waals surface area contributed by atoms with Gasteiger partial charge in [0, 0.05) is 19.7 Å². The summed E-state index contributed by atoms with van der Waals surface area (Å²) < 4.78 is 44.0. The number of ether oxygens (including phenoxy) is 1. The maximum Gasteiger partial charge on any atom is 0.242 e. The molecule has 0 N–H and O–H groups in total. The van der Waals surface area contributed by atoms with Crippen molar-refractivity contribution in [3.05, 3.63) is 60.4 Å². The van der Waals surface area contributed by atoms with E-state index in [4.69, 9.17) is 4.74 Å². The monoisotopic (exact) mass is 309 g/mol. The number of hydrogen-bond donors (Lipinski definition) is 0. The Morgan fingerprint density at radius 2 is 1.81 bits per heavy atom. The van der Waals surface area contributed by atoms with E-state index in [-0.39, 0.29) is 18.0 Å². The van der Waals surface area contributed by atoms with Crippen LogP contribution in [0, 0.1) is 5.82 Å². The fraction of sp³-hybridized carbons (Fsp3) is 0.200. The summed E-state index contributed by atoms with van der Waals surface area (Å²) in [6.07, 6.45) is 0. The smallest absolute Gasteiger partial charge is 0.242 e. The third kappa shape index (κ3) is 4.03. The Morgan fingerprint density at radius 1 is 1.10 bits per heavy atom. The molecule has 21 heavy (non-hydrogen) atoms. The Bertz CT molecular complexity index is 689. The van der Waals surface area contributed by atoms with Gasteiger partial charge < -0.3 is 4.74 Å². The number of sulfonamides is 1. The zero-order chi connectivity index (χ0) is 15.3. The van der Waals surface area contributed by atoms with Gasteiger partial charge in [-0.2, -0.15) is 4.31 Å². The van der Waals surface area contributed by atoms with Crippen LogP contribution < -0.4 is 4.74 Å². The SMILES string of the molecule is CN(CCOc1cccc(F)c1)S(=O)(=O)c1ccccc1. The zero-order valence-electron chi connectivity index (χ0n) is 11.6. The molecule has 4 nitrogen and oxygen atoms in total. The second-order valence-electron chi connectivity index (χ2n) is 4.45. The molecule has 0 bridgehead atoms. The third-order valence-electron chi connectivity index (χ3n) is 2.92. The Labute approximate surface area is 123 Å². The average molecular weight is 309 g/mol. The van der Waals surface area contributed by atoms with Crippen LogP contribution in [0.15, 0.2) is 59.5 Å². The summed E-state index contributed by atoms with van der Waals surface area (Å²) in [6, 6.07) is 13.9. The maximum atomic E-state index is 13.0. The number of benzene rings is 2. The largest absolute Gasteiger partial charge is 0.492 e. The summed E-state index contributed by atoms with van der Waals surface area (Å²) in [5.74, 6) is -0.0155. The lowest BCUT2D eigenvalue weighted by molar-refractivity contribution is 0.285. The molecular weight excluding hydrogens is 293 g/mol. The summed E-state index contributed by atoms with van der Waals surface area (Å²) in [4.78, 5) is 0.234. The van der Waals surface area contributed by atoms with Crippen LogP contribution in [0.3, 0.4) is 0 Å². The lowest BCUT2D eigenvalue weighted by atomic mass is 10.3. The van der Waals surface area contributed by atoms with Crippen LogP contribution in [-0.4, -0.2) is 32.9 Å². The van der Waals surface area contributed by atoms with Gasteiger partial charge in [-0.05, 0) is 24.3 Å². The van der Waals surface area contributed by atoms with Crippen LogP contribution in [0.1, 0.15) is 0 Å². The van der Waals surface area contributed by atoms with E-state index in [0.717, 1.165) is 0 Å². The Kier molecular flexibility index (Phi) is 4.93. The predicted octanol–water partition coefficient (Wildman–Crippen LogP) is 2.53. The molecule has 0 aliphatic heterocycles. The highest BCUT2D eigenvalue weighted by molar-refractivity contribution is 7.89. The summed E-state index contributed by atoms with van der Waals surface area (Å²) in [5.41, 5.74) is 0. The molecule has 0 aromatic heterocycles. The molecule has 0 saturated heterocycles. The quantitative estimate of drug-likeness (QED) is 0.824. The standard InChI is InChI=1S/C15H16FNO3S/c1-17(21(18,19)15-8-3-2-4-9-15)10-11-20-14-7-5-6-13(16)12-14/h2-9,12H,10-11H2,1H3. The molecule has 0 atom stereocenters. The Morgan fingerprint density at radius 3 is 2.48 bits per heavy atom. The van der Waals surface area contributed by atoms with Crippen molar-refractivity contribution in [2.45, 2.75) is 4.90 Å². The van der Waals surface area contributed by atoms with Crippen molar-refractivity contribution in [1.82, 2.24) is 4.31 Å². The number of rotatable bonds is 6. The predicted molar refractivity (Wildman–Crippen MR) is 78.2 cm³/mol. The first-order valence-corrected chi connectivity index (χ1v) is 7.84. The molecule has 0 spiro atoms. The first-order valence-electron chi connectivity index (χ1n) is 6.40. The molecule has 112 valence electrons. The second kappa shape index (κ2) is 6.69. The summed E-state index contributed by atoms with van der Waals surface area (Å²) >= 11 is 0. The number of nitrogens with zero attached hydrogens (tertiary/aromatic N) is 1. The van der Waals surface area contributed by atoms with E-state index in [0.29, 0.717) is 5.75 Å². The van der Waals surface area contributed by atoms with Crippen LogP contribution in [-0.2, 0) is 10.0 Å². The van der Waals surface area contributed by atoms with E-state index in [1.807, 2.05) is 0 Å². The molecule has 0 amide bonds. The van der Waals surface area contributed by atoms with Crippen molar-refractivity contribution in [1.29, 1.82) is 0 Å². The van der Waals surface area contributed by atoms with E-state index in [1.54, 1.807) is 36.4 Å². The number of halogens is 1. The van der Waals surface area contributed by atoms with Gasteiger partial charge in [-0.25, -0.2) is 12.8 Å². The first kappa shape index (κ1) is 15.5. The molecule has 0 radical (unpaired) electrons. The molecule has 0 fully saturated rings. The third-order valence-corrected chi connectivity index (χ3v) is 4.79. The minimum atomic E-state index is -3.52. The minimum absolute atomic E-state index is 0.145. The molecular formula is C15H16FNO3S. The van der Waals surface area contributed by atoms with Crippen molar-refractivity contribution in [2.24, 2.45) is 0 Å². The topological polar surface area (TPSA) is 46.6 Å². The van der Waals surface area contributed by atoms with Crippen molar-refractivity contribution < 1.29 is 17.5 Å². The summed E-state index contributed by atoms with van der Waals surface area (Å²) in [7, 11) is -2.04. The van der Waals surface area contributed by atoms with Gasteiger partial charge in [0.15, 0.2) is 0 Å². The van der Waals surface area contributed by atoms with Crippen LogP contribution in [0.25, 0.3) is 0 Å². The highest BCUT2D eigenvalue weighted by atomic mass is 32.2. The fourth-order valence-corrected chi connectivity index (χ4v) is 2.92. The van der Waals surface area contributed by atoms with E-state index in [9.17, 15) is 12.8 Å². The van der Waals surface area contributed by atoms with Crippen molar-refractivity contribution in [2.75, 3.05) is 20.2 Å². The molecule has 2 aromatic rings. The highest BCUT2D eigenvalue weighted by Gasteiger charge is 2.19. The number of likely N-dealkylation sites (N-methyl/N-ethyl adjacent to an activating group) is 1. The van der Waals surface area contributed by atoms with Crippen LogP contribution in [0.4, 0.5) is 4.39 Å². The summed E-state index contributed by atoms with van der Waals surface area (Å²) in [5, 5.41) is 0. The lowest BCUT2D eigenvalue weighted by Gasteiger charge is -2.17. The minimum Gasteiger partial charge on any atom is -0.492 e. The van der Waals surface area contributed by atoms with Crippen molar-refractivity contribution >= 4 is 10.0 Å². The molecule has 0 unspecified atom stereocenters. The number of hydrogen-bond acceptors (Lipinski definition) is 3. The van der Waals surface area contributed by atoms with Gasteiger partial charge in [-0.1, -0.05) is 24.3 Å². The molecule has 0 aliphatic rings. The Balaban J connectivity index is 1.94. The molecule has 2 rings (SSSR count). The van der Waals surface area contributed by atoms with Crippen LogP contribution in [0.2, 0.25) is 0 Å². The molecule has 6 heteroatoms. The fourth-order valence-electron chi connectivity index (χ4n) is 1.74. The van der Waals surface area contributed by atoms with Gasteiger partial charge in [0.05, 0.1) is 4.90 Å². The van der Waals surface area contributed by atoms with Gasteiger partial charge in [0.25, 0.3) is 0 Å². The van der Waals surface area contributed by atoms with E-state index >= 15 is 0 Å². The zero-order valence-corrected chi connectivity index (χ0v) is 12.4. The molecule has 0 saturated carbocycles. The van der Waals surface area contributed by atoms with Gasteiger partial charge >= 0.3 is 0 Å². The van der Waals surface area contributed by atoms with Crippen molar-refractivity contribution in [3.8, 4) is 5.75 Å². The Hall–Kier alpha value is -1.92. The van der Waals surface area contributed by atoms with E-state index in [1.165, 1.54) is 29.6 Å². The first-order chi connectivity index (χ1) is 10.00. The molecule has 0 heterocycles. The normalized spacial score (nSPS) is 11.6. The molecule has 2 aromatic carbocycles. The van der Waals surface area contributed by atoms with Gasteiger partial charge in [0.2, 0.25) is 10.0 Å².